The van der Waals surface area contributed by atoms with Crippen molar-refractivity contribution in [1.29, 1.82) is 0 Å². The van der Waals surface area contributed by atoms with Gasteiger partial charge in [-0.2, -0.15) is 0 Å². The normalized spacial score (nSPS) is 17.4. The van der Waals surface area contributed by atoms with E-state index in [0.29, 0.717) is 0 Å². The SMILES string of the molecule is O=C(NCCC1=CCCCC1)C1CCN(c2cc(-n3ccc4ccccc43)ncn2)CC1. The minimum atomic E-state index is 0.0984. The molecule has 0 atom stereocenters. The highest BCUT2D eigenvalue weighted by Gasteiger charge is 2.25. The fourth-order valence-corrected chi connectivity index (χ4v) is 4.92. The van der Waals surface area contributed by atoms with Gasteiger partial charge in [-0.3, -0.25) is 4.79 Å². The van der Waals surface area contributed by atoms with Crippen molar-refractivity contribution < 1.29 is 4.79 Å². The molecule has 0 spiro atoms. The molecular formula is C26H31N5O. The minimum absolute atomic E-state index is 0.0984. The lowest BCUT2D eigenvalue weighted by Gasteiger charge is -2.32. The molecule has 0 bridgehead atoms. The van der Waals surface area contributed by atoms with Gasteiger partial charge in [0, 0.05) is 37.8 Å². The van der Waals surface area contributed by atoms with Crippen molar-refractivity contribution >= 4 is 22.6 Å². The molecule has 0 radical (unpaired) electrons. The number of fused-ring (bicyclic) bond motifs is 1. The summed E-state index contributed by atoms with van der Waals surface area (Å²) in [7, 11) is 0. The summed E-state index contributed by atoms with van der Waals surface area (Å²) in [5.74, 6) is 2.11. The van der Waals surface area contributed by atoms with Gasteiger partial charge in [-0.1, -0.05) is 29.8 Å². The van der Waals surface area contributed by atoms with Gasteiger partial charge in [0.1, 0.15) is 18.0 Å². The predicted molar refractivity (Wildman–Crippen MR) is 128 cm³/mol. The molecule has 6 nitrogen and oxygen atoms in total. The molecule has 1 fully saturated rings. The van der Waals surface area contributed by atoms with E-state index in [1.54, 1.807) is 6.33 Å². The number of hydrogen-bond acceptors (Lipinski definition) is 4. The van der Waals surface area contributed by atoms with E-state index >= 15 is 0 Å². The van der Waals surface area contributed by atoms with E-state index in [2.05, 4.69) is 55.2 Å². The Bertz CT molecular complexity index is 1110. The molecule has 0 unspecified atom stereocenters. The monoisotopic (exact) mass is 429 g/mol. The maximum absolute atomic E-state index is 12.6. The number of rotatable bonds is 6. The number of piperidine rings is 1. The molecule has 1 N–H and O–H groups in total. The third-order valence-electron chi connectivity index (χ3n) is 6.80. The van der Waals surface area contributed by atoms with Crippen molar-refractivity contribution in [2.24, 2.45) is 5.92 Å². The van der Waals surface area contributed by atoms with E-state index in [1.165, 1.54) is 36.6 Å². The maximum Gasteiger partial charge on any atom is 0.223 e. The lowest BCUT2D eigenvalue weighted by molar-refractivity contribution is -0.125. The molecule has 3 aromatic rings. The lowest BCUT2D eigenvalue weighted by atomic mass is 9.95. The van der Waals surface area contributed by atoms with Gasteiger partial charge >= 0.3 is 0 Å². The number of aromatic nitrogens is 3. The van der Waals surface area contributed by atoms with Gasteiger partial charge in [0.25, 0.3) is 0 Å². The highest BCUT2D eigenvalue weighted by atomic mass is 16.1. The number of allylic oxidation sites excluding steroid dienone is 1. The van der Waals surface area contributed by atoms with E-state index < -0.39 is 0 Å². The van der Waals surface area contributed by atoms with Gasteiger partial charge in [-0.05, 0) is 62.5 Å². The van der Waals surface area contributed by atoms with E-state index in [1.807, 2.05) is 18.2 Å². The highest BCUT2D eigenvalue weighted by molar-refractivity contribution is 5.81. The summed E-state index contributed by atoms with van der Waals surface area (Å²) in [6.07, 6.45) is 13.8. The largest absolute Gasteiger partial charge is 0.356 e. The van der Waals surface area contributed by atoms with Gasteiger partial charge in [-0.15, -0.1) is 0 Å². The van der Waals surface area contributed by atoms with Crippen LogP contribution in [0.4, 0.5) is 5.82 Å². The maximum atomic E-state index is 12.6. The predicted octanol–water partition coefficient (Wildman–Crippen LogP) is 4.64. The van der Waals surface area contributed by atoms with E-state index in [-0.39, 0.29) is 11.8 Å². The van der Waals surface area contributed by atoms with Gasteiger partial charge in [0.15, 0.2) is 0 Å². The number of benzene rings is 1. The molecule has 1 aromatic carbocycles. The smallest absolute Gasteiger partial charge is 0.223 e. The zero-order valence-corrected chi connectivity index (χ0v) is 18.5. The molecule has 3 heterocycles. The molecule has 0 saturated carbocycles. The first-order valence-corrected chi connectivity index (χ1v) is 11.9. The molecule has 166 valence electrons. The van der Waals surface area contributed by atoms with Gasteiger partial charge < -0.3 is 14.8 Å². The molecule has 1 saturated heterocycles. The van der Waals surface area contributed by atoms with E-state index in [4.69, 9.17) is 0 Å². The second-order valence-corrected chi connectivity index (χ2v) is 8.89. The van der Waals surface area contributed by atoms with Crippen LogP contribution in [0.15, 0.2) is 60.6 Å². The quantitative estimate of drug-likeness (QED) is 0.580. The third-order valence-corrected chi connectivity index (χ3v) is 6.80. The molecule has 6 heteroatoms. The van der Waals surface area contributed by atoms with Crippen LogP contribution in [0.5, 0.6) is 0 Å². The Morgan fingerprint density at radius 1 is 1.06 bits per heavy atom. The summed E-state index contributed by atoms with van der Waals surface area (Å²) < 4.78 is 2.10. The Morgan fingerprint density at radius 2 is 1.91 bits per heavy atom. The van der Waals surface area contributed by atoms with E-state index in [9.17, 15) is 4.79 Å². The van der Waals surface area contributed by atoms with Crippen molar-refractivity contribution in [2.75, 3.05) is 24.5 Å². The van der Waals surface area contributed by atoms with Crippen LogP contribution in [0.1, 0.15) is 44.9 Å². The molecule has 1 amide bonds. The van der Waals surface area contributed by atoms with Crippen LogP contribution in [0.3, 0.4) is 0 Å². The summed E-state index contributed by atoms with van der Waals surface area (Å²) in [6.45, 7) is 2.45. The number of nitrogens with one attached hydrogen (secondary N) is 1. The number of para-hydroxylation sites is 1. The fourth-order valence-electron chi connectivity index (χ4n) is 4.92. The molecular weight excluding hydrogens is 398 g/mol. The van der Waals surface area contributed by atoms with Crippen molar-refractivity contribution in [3.63, 3.8) is 0 Å². The van der Waals surface area contributed by atoms with Crippen LogP contribution in [0.2, 0.25) is 0 Å². The second-order valence-electron chi connectivity index (χ2n) is 8.89. The summed E-state index contributed by atoms with van der Waals surface area (Å²) in [5.41, 5.74) is 2.65. The zero-order valence-electron chi connectivity index (χ0n) is 18.5. The summed E-state index contributed by atoms with van der Waals surface area (Å²) in [4.78, 5) is 23.9. The van der Waals surface area contributed by atoms with Crippen LogP contribution < -0.4 is 10.2 Å². The molecule has 2 aromatic heterocycles. The Kier molecular flexibility index (Phi) is 6.19. The van der Waals surface area contributed by atoms with Crippen molar-refractivity contribution in [3.8, 4) is 5.82 Å². The minimum Gasteiger partial charge on any atom is -0.356 e. The number of amides is 1. The zero-order chi connectivity index (χ0) is 21.8. The highest BCUT2D eigenvalue weighted by Crippen LogP contribution is 2.25. The van der Waals surface area contributed by atoms with Gasteiger partial charge in [-0.25, -0.2) is 9.97 Å². The number of carbonyl (C=O) groups is 1. The average molecular weight is 430 g/mol. The van der Waals surface area contributed by atoms with Crippen molar-refractivity contribution in [1.82, 2.24) is 19.9 Å². The Balaban J connectivity index is 1.17. The molecule has 32 heavy (non-hydrogen) atoms. The molecule has 1 aliphatic carbocycles. The molecule has 2 aliphatic rings. The first-order chi connectivity index (χ1) is 15.8. The van der Waals surface area contributed by atoms with Crippen LogP contribution >= 0.6 is 0 Å². The number of anilines is 1. The van der Waals surface area contributed by atoms with Gasteiger partial charge in [0.05, 0.1) is 5.52 Å². The first kappa shape index (κ1) is 20.7. The summed E-state index contributed by atoms with van der Waals surface area (Å²) in [5, 5.41) is 4.37. The molecule has 1 aliphatic heterocycles. The second kappa shape index (κ2) is 9.55. The Labute approximate surface area is 189 Å². The summed E-state index contributed by atoms with van der Waals surface area (Å²) >= 11 is 0. The fraction of sp³-hybridized carbons (Fsp3) is 0.423. The Hall–Kier alpha value is -3.15. The first-order valence-electron chi connectivity index (χ1n) is 11.9. The number of hydrogen-bond donors (Lipinski definition) is 1. The lowest BCUT2D eigenvalue weighted by Crippen LogP contribution is -2.41. The molecule has 5 rings (SSSR count). The Morgan fingerprint density at radius 3 is 2.75 bits per heavy atom. The van der Waals surface area contributed by atoms with Crippen molar-refractivity contribution in [3.05, 3.63) is 60.6 Å². The number of carbonyl (C=O) groups excluding carboxylic acids is 1. The van der Waals surface area contributed by atoms with Crippen molar-refractivity contribution in [2.45, 2.75) is 44.9 Å². The van der Waals surface area contributed by atoms with Crippen LogP contribution in [-0.2, 0) is 4.79 Å². The standard InChI is InChI=1S/C26H31N5O/c32-26(27-14-10-20-6-2-1-3-7-20)22-11-15-30(16-12-22)24-18-25(29-19-28-24)31-17-13-21-8-4-5-9-23(21)31/h4-6,8-9,13,17-19,22H,1-3,7,10-12,14-16H2,(H,27,32). The van der Waals surface area contributed by atoms with Crippen LogP contribution in [0, 0.1) is 5.92 Å². The summed E-state index contributed by atoms with van der Waals surface area (Å²) in [6, 6.07) is 12.5. The van der Waals surface area contributed by atoms with Gasteiger partial charge in [0.2, 0.25) is 5.91 Å². The average Bonchev–Trinajstić information content (AvgIpc) is 3.29. The third kappa shape index (κ3) is 4.54. The number of nitrogens with zero attached hydrogens (tertiary/aromatic N) is 4. The van der Waals surface area contributed by atoms with E-state index in [0.717, 1.165) is 56.0 Å². The van der Waals surface area contributed by atoms with Crippen LogP contribution in [0.25, 0.3) is 16.7 Å². The topological polar surface area (TPSA) is 63.1 Å². The van der Waals surface area contributed by atoms with Crippen LogP contribution in [-0.4, -0.2) is 40.1 Å².